The zero-order valence-electron chi connectivity index (χ0n) is 18.1. The van der Waals surface area contributed by atoms with Crippen LogP contribution in [0.25, 0.3) is 12.2 Å². The van der Waals surface area contributed by atoms with E-state index in [1.54, 1.807) is 51.8 Å². The zero-order chi connectivity index (χ0) is 22.9. The summed E-state index contributed by atoms with van der Waals surface area (Å²) < 4.78 is 16.2. The minimum absolute atomic E-state index is 0.104. The Labute approximate surface area is 192 Å². The maximum atomic E-state index is 12.2. The van der Waals surface area contributed by atoms with Crippen LogP contribution in [0.15, 0.2) is 72.9 Å². The first-order valence-electron chi connectivity index (χ1n) is 9.85. The number of hydrogen-bond acceptors (Lipinski definition) is 5. The number of benzene rings is 3. The summed E-state index contributed by atoms with van der Waals surface area (Å²) in [7, 11) is 4.75. The van der Waals surface area contributed by atoms with Crippen molar-refractivity contribution < 1.29 is 19.0 Å². The lowest BCUT2D eigenvalue weighted by Crippen LogP contribution is -1.96. The highest BCUT2D eigenvalue weighted by Gasteiger charge is 2.12. The van der Waals surface area contributed by atoms with Crippen molar-refractivity contribution in [3.05, 3.63) is 94.7 Å². The Morgan fingerprint density at radius 1 is 0.844 bits per heavy atom. The second kappa shape index (κ2) is 11.1. The Morgan fingerprint density at radius 2 is 1.50 bits per heavy atom. The van der Waals surface area contributed by atoms with Crippen LogP contribution in [0.3, 0.4) is 0 Å². The van der Waals surface area contributed by atoms with Crippen LogP contribution in [0.5, 0.6) is 17.2 Å². The smallest absolute Gasteiger partial charge is 0.203 e. The summed E-state index contributed by atoms with van der Waals surface area (Å²) in [5.74, 6) is 1.64. The van der Waals surface area contributed by atoms with E-state index in [2.05, 4.69) is 5.32 Å². The maximum Gasteiger partial charge on any atom is 0.203 e. The van der Waals surface area contributed by atoms with E-state index >= 15 is 0 Å². The predicted octanol–water partition coefficient (Wildman–Crippen LogP) is 6.34. The Morgan fingerprint density at radius 3 is 2.12 bits per heavy atom. The minimum Gasteiger partial charge on any atom is -0.493 e. The van der Waals surface area contributed by atoms with Gasteiger partial charge in [-0.15, -0.1) is 0 Å². The summed E-state index contributed by atoms with van der Waals surface area (Å²) in [6.45, 7) is 0. The SMILES string of the molecule is COc1cc(C=Cc2cccc(NC=CC(=O)c3ccc(Cl)cc3)c2)cc(OC)c1OC. The Hall–Kier alpha value is -3.70. The van der Waals surface area contributed by atoms with Gasteiger partial charge < -0.3 is 19.5 Å². The molecule has 32 heavy (non-hydrogen) atoms. The number of ether oxygens (including phenoxy) is 3. The molecule has 0 unspecified atom stereocenters. The quantitative estimate of drug-likeness (QED) is 0.234. The highest BCUT2D eigenvalue weighted by Crippen LogP contribution is 2.38. The van der Waals surface area contributed by atoms with Gasteiger partial charge in [-0.05, 0) is 59.7 Å². The van der Waals surface area contributed by atoms with Crippen LogP contribution in [-0.2, 0) is 0 Å². The van der Waals surface area contributed by atoms with Gasteiger partial charge >= 0.3 is 0 Å². The summed E-state index contributed by atoms with van der Waals surface area (Å²) in [5.41, 5.74) is 3.33. The van der Waals surface area contributed by atoms with Crippen molar-refractivity contribution >= 4 is 35.2 Å². The van der Waals surface area contributed by atoms with E-state index in [4.69, 9.17) is 25.8 Å². The fraction of sp³-hybridized carbons (Fsp3) is 0.115. The zero-order valence-corrected chi connectivity index (χ0v) is 18.8. The van der Waals surface area contributed by atoms with E-state index in [0.717, 1.165) is 16.8 Å². The number of rotatable bonds is 9. The Kier molecular flexibility index (Phi) is 7.95. The summed E-state index contributed by atoms with van der Waals surface area (Å²) in [4.78, 5) is 12.2. The molecule has 0 saturated carbocycles. The molecule has 3 rings (SSSR count). The van der Waals surface area contributed by atoms with E-state index in [0.29, 0.717) is 27.8 Å². The average Bonchev–Trinajstić information content (AvgIpc) is 2.82. The first-order valence-corrected chi connectivity index (χ1v) is 10.2. The molecule has 6 heteroatoms. The third-order valence-electron chi connectivity index (χ3n) is 4.66. The van der Waals surface area contributed by atoms with Crippen molar-refractivity contribution in [2.45, 2.75) is 0 Å². The molecule has 0 saturated heterocycles. The molecular weight excluding hydrogens is 426 g/mol. The normalized spacial score (nSPS) is 11.0. The first-order chi connectivity index (χ1) is 15.5. The van der Waals surface area contributed by atoms with Crippen LogP contribution in [0, 0.1) is 0 Å². The van der Waals surface area contributed by atoms with Gasteiger partial charge in [-0.3, -0.25) is 4.79 Å². The highest BCUT2D eigenvalue weighted by atomic mass is 35.5. The van der Waals surface area contributed by atoms with Crippen LogP contribution in [0.4, 0.5) is 5.69 Å². The van der Waals surface area contributed by atoms with Crippen molar-refractivity contribution in [1.82, 2.24) is 0 Å². The Bertz CT molecular complexity index is 1110. The van der Waals surface area contributed by atoms with Crippen LogP contribution < -0.4 is 19.5 Å². The number of ketones is 1. The fourth-order valence-corrected chi connectivity index (χ4v) is 3.17. The molecule has 0 bridgehead atoms. The highest BCUT2D eigenvalue weighted by molar-refractivity contribution is 6.30. The van der Waals surface area contributed by atoms with Crippen molar-refractivity contribution in [2.24, 2.45) is 0 Å². The van der Waals surface area contributed by atoms with Crippen LogP contribution >= 0.6 is 11.6 Å². The molecule has 0 amide bonds. The standard InChI is InChI=1S/C26H24ClNO4/c1-30-24-16-19(17-25(31-2)26(24)32-3)8-7-18-5-4-6-22(15-18)28-14-13-23(29)20-9-11-21(27)12-10-20/h4-17,28H,1-3H3. The molecule has 1 N–H and O–H groups in total. The molecule has 5 nitrogen and oxygen atoms in total. The van der Waals surface area contributed by atoms with Gasteiger partial charge in [0.05, 0.1) is 21.3 Å². The van der Waals surface area contributed by atoms with Crippen molar-refractivity contribution in [1.29, 1.82) is 0 Å². The van der Waals surface area contributed by atoms with E-state index < -0.39 is 0 Å². The minimum atomic E-state index is -0.104. The predicted molar refractivity (Wildman–Crippen MR) is 130 cm³/mol. The summed E-state index contributed by atoms with van der Waals surface area (Å²) >= 11 is 5.86. The summed E-state index contributed by atoms with van der Waals surface area (Å²) in [5, 5.41) is 3.73. The molecule has 0 fully saturated rings. The molecule has 0 aliphatic rings. The summed E-state index contributed by atoms with van der Waals surface area (Å²) in [6, 6.07) is 18.4. The maximum absolute atomic E-state index is 12.2. The molecule has 3 aromatic carbocycles. The van der Waals surface area contributed by atoms with Gasteiger partial charge in [0.25, 0.3) is 0 Å². The van der Waals surface area contributed by atoms with Crippen molar-refractivity contribution in [3.8, 4) is 17.2 Å². The lowest BCUT2D eigenvalue weighted by atomic mass is 10.1. The largest absolute Gasteiger partial charge is 0.493 e. The van der Waals surface area contributed by atoms with E-state index in [9.17, 15) is 4.79 Å². The number of methoxy groups -OCH3 is 3. The molecule has 0 radical (unpaired) electrons. The van der Waals surface area contributed by atoms with Crippen molar-refractivity contribution in [2.75, 3.05) is 26.6 Å². The van der Waals surface area contributed by atoms with Crippen LogP contribution in [0.1, 0.15) is 21.5 Å². The van der Waals surface area contributed by atoms with E-state index in [-0.39, 0.29) is 5.78 Å². The lowest BCUT2D eigenvalue weighted by Gasteiger charge is -2.12. The molecule has 0 aliphatic heterocycles. The first kappa shape index (κ1) is 23.0. The van der Waals surface area contributed by atoms with Gasteiger partial charge in [-0.25, -0.2) is 0 Å². The molecule has 0 atom stereocenters. The number of hydrogen-bond donors (Lipinski definition) is 1. The third-order valence-corrected chi connectivity index (χ3v) is 4.91. The molecule has 164 valence electrons. The third kappa shape index (κ3) is 5.93. The Balaban J connectivity index is 1.70. The number of carbonyl (C=O) groups is 1. The van der Waals surface area contributed by atoms with Crippen LogP contribution in [0.2, 0.25) is 5.02 Å². The van der Waals surface area contributed by atoms with Gasteiger partial charge in [-0.2, -0.15) is 0 Å². The van der Waals surface area contributed by atoms with Gasteiger partial charge in [-0.1, -0.05) is 35.9 Å². The number of anilines is 1. The molecular formula is C26H24ClNO4. The topological polar surface area (TPSA) is 56.8 Å². The molecule has 0 spiro atoms. The second-order valence-corrected chi connectivity index (χ2v) is 7.20. The fourth-order valence-electron chi connectivity index (χ4n) is 3.05. The number of carbonyl (C=O) groups excluding carboxylic acids is 1. The van der Waals surface area contributed by atoms with Crippen LogP contribution in [-0.4, -0.2) is 27.1 Å². The monoisotopic (exact) mass is 449 g/mol. The number of halogens is 1. The van der Waals surface area contributed by atoms with Gasteiger partial charge in [0.2, 0.25) is 5.75 Å². The van der Waals surface area contributed by atoms with E-state index in [1.807, 2.05) is 48.6 Å². The van der Waals surface area contributed by atoms with Gasteiger partial charge in [0.1, 0.15) is 0 Å². The second-order valence-electron chi connectivity index (χ2n) is 6.77. The summed E-state index contributed by atoms with van der Waals surface area (Å²) in [6.07, 6.45) is 7.05. The molecule has 0 heterocycles. The van der Waals surface area contributed by atoms with E-state index in [1.165, 1.54) is 6.08 Å². The lowest BCUT2D eigenvalue weighted by molar-refractivity contribution is 0.104. The molecule has 0 aliphatic carbocycles. The number of allylic oxidation sites excluding steroid dienone is 1. The number of nitrogens with one attached hydrogen (secondary N) is 1. The molecule has 3 aromatic rings. The average molecular weight is 450 g/mol. The van der Waals surface area contributed by atoms with Crippen molar-refractivity contribution in [3.63, 3.8) is 0 Å². The molecule has 0 aromatic heterocycles. The van der Waals surface area contributed by atoms with Gasteiger partial charge in [0, 0.05) is 28.5 Å². The van der Waals surface area contributed by atoms with Gasteiger partial charge in [0.15, 0.2) is 17.3 Å².